The molecule has 0 spiro atoms. The number of aromatic nitrogens is 2. The van der Waals surface area contributed by atoms with Crippen molar-refractivity contribution in [3.8, 4) is 5.75 Å². The summed E-state index contributed by atoms with van der Waals surface area (Å²) in [7, 11) is 3.14. The zero-order valence-corrected chi connectivity index (χ0v) is 9.48. The summed E-state index contributed by atoms with van der Waals surface area (Å²) in [6.07, 6.45) is 1.63. The molecule has 0 atom stereocenters. The fourth-order valence-corrected chi connectivity index (χ4v) is 1.48. The molecule has 88 valence electrons. The van der Waals surface area contributed by atoms with Crippen LogP contribution in [0.15, 0.2) is 30.5 Å². The van der Waals surface area contributed by atoms with Crippen molar-refractivity contribution in [1.29, 1.82) is 0 Å². The monoisotopic (exact) mass is 234 g/mol. The first-order chi connectivity index (χ1) is 8.11. The van der Waals surface area contributed by atoms with Crippen LogP contribution in [-0.2, 0) is 7.05 Å². The molecule has 0 saturated carbocycles. The normalized spacial score (nSPS) is 10.3. The van der Waals surface area contributed by atoms with Gasteiger partial charge in [-0.25, -0.2) is 4.39 Å². The van der Waals surface area contributed by atoms with Gasteiger partial charge in [-0.3, -0.25) is 9.48 Å². The number of ether oxygens (including phenoxy) is 1. The number of halogens is 1. The molecule has 0 radical (unpaired) electrons. The van der Waals surface area contributed by atoms with E-state index in [4.69, 9.17) is 4.74 Å². The number of carbonyl (C=O) groups excluding carboxylic acids is 1. The van der Waals surface area contributed by atoms with E-state index in [2.05, 4.69) is 5.10 Å². The number of benzene rings is 1. The smallest absolute Gasteiger partial charge is 0.216 e. The van der Waals surface area contributed by atoms with E-state index in [0.717, 1.165) is 0 Å². The Hall–Kier alpha value is -2.17. The fourth-order valence-electron chi connectivity index (χ4n) is 1.48. The molecular weight excluding hydrogens is 223 g/mol. The average molecular weight is 234 g/mol. The molecule has 4 nitrogen and oxygen atoms in total. The molecule has 0 amide bonds. The van der Waals surface area contributed by atoms with E-state index in [1.54, 1.807) is 25.4 Å². The van der Waals surface area contributed by atoms with Gasteiger partial charge in [-0.05, 0) is 18.2 Å². The third-order valence-corrected chi connectivity index (χ3v) is 2.37. The van der Waals surface area contributed by atoms with Crippen LogP contribution in [0.1, 0.15) is 16.1 Å². The van der Waals surface area contributed by atoms with E-state index >= 15 is 0 Å². The van der Waals surface area contributed by atoms with Crippen LogP contribution in [0, 0.1) is 5.82 Å². The van der Waals surface area contributed by atoms with Crippen LogP contribution in [0.2, 0.25) is 0 Å². The predicted molar refractivity (Wildman–Crippen MR) is 59.6 cm³/mol. The van der Waals surface area contributed by atoms with Gasteiger partial charge in [0.15, 0.2) is 0 Å². The number of carbonyl (C=O) groups is 1. The molecule has 2 aromatic rings. The van der Waals surface area contributed by atoms with Crippen molar-refractivity contribution >= 4 is 5.78 Å². The van der Waals surface area contributed by atoms with E-state index in [1.807, 2.05) is 0 Å². The molecule has 0 fully saturated rings. The first-order valence-corrected chi connectivity index (χ1v) is 4.99. The summed E-state index contributed by atoms with van der Waals surface area (Å²) in [6, 6.07) is 5.66. The van der Waals surface area contributed by atoms with E-state index in [0.29, 0.717) is 5.75 Å². The third-order valence-electron chi connectivity index (χ3n) is 2.37. The van der Waals surface area contributed by atoms with Crippen LogP contribution in [0.4, 0.5) is 4.39 Å². The number of aryl methyl sites for hydroxylation is 1. The minimum Gasteiger partial charge on any atom is -0.497 e. The largest absolute Gasteiger partial charge is 0.497 e. The lowest BCUT2D eigenvalue weighted by Gasteiger charge is -2.03. The number of methoxy groups -OCH3 is 1. The predicted octanol–water partition coefficient (Wildman–Crippen LogP) is 1.80. The average Bonchev–Trinajstić information content (AvgIpc) is 2.75. The molecule has 1 heterocycles. The lowest BCUT2D eigenvalue weighted by Crippen LogP contribution is -2.06. The summed E-state index contributed by atoms with van der Waals surface area (Å²) >= 11 is 0. The number of hydrogen-bond donors (Lipinski definition) is 0. The maximum Gasteiger partial charge on any atom is 0.216 e. The Morgan fingerprint density at radius 3 is 2.71 bits per heavy atom. The molecule has 17 heavy (non-hydrogen) atoms. The van der Waals surface area contributed by atoms with Crippen LogP contribution in [-0.4, -0.2) is 22.7 Å². The summed E-state index contributed by atoms with van der Waals surface area (Å²) in [4.78, 5) is 11.9. The van der Waals surface area contributed by atoms with Gasteiger partial charge >= 0.3 is 0 Å². The highest BCUT2D eigenvalue weighted by Crippen LogP contribution is 2.18. The SMILES string of the molecule is COc1ccc(C(=O)c2ccn(C)n2)c(F)c1. The quantitative estimate of drug-likeness (QED) is 0.760. The third kappa shape index (κ3) is 2.18. The van der Waals surface area contributed by atoms with Crippen molar-refractivity contribution in [2.75, 3.05) is 7.11 Å². The van der Waals surface area contributed by atoms with E-state index in [9.17, 15) is 9.18 Å². The topological polar surface area (TPSA) is 44.1 Å². The second kappa shape index (κ2) is 4.37. The molecule has 2 rings (SSSR count). The summed E-state index contributed by atoms with van der Waals surface area (Å²) in [6.45, 7) is 0. The highest BCUT2D eigenvalue weighted by Gasteiger charge is 2.16. The first kappa shape index (κ1) is 11.3. The van der Waals surface area contributed by atoms with Gasteiger partial charge in [-0.1, -0.05) is 0 Å². The van der Waals surface area contributed by atoms with Crippen molar-refractivity contribution in [3.05, 3.63) is 47.5 Å². The van der Waals surface area contributed by atoms with Gasteiger partial charge in [0.25, 0.3) is 0 Å². The maximum atomic E-state index is 13.6. The van der Waals surface area contributed by atoms with Crippen molar-refractivity contribution < 1.29 is 13.9 Å². The molecule has 0 aliphatic carbocycles. The molecule has 1 aromatic carbocycles. The second-order valence-corrected chi connectivity index (χ2v) is 3.55. The zero-order chi connectivity index (χ0) is 12.4. The summed E-state index contributed by atoms with van der Waals surface area (Å²) in [5.74, 6) is -0.675. The van der Waals surface area contributed by atoms with Crippen molar-refractivity contribution in [2.45, 2.75) is 0 Å². The number of nitrogens with zero attached hydrogens (tertiary/aromatic N) is 2. The Morgan fingerprint density at radius 2 is 2.18 bits per heavy atom. The summed E-state index contributed by atoms with van der Waals surface area (Å²) in [5.41, 5.74) is 0.209. The Bertz CT molecular complexity index is 563. The van der Waals surface area contributed by atoms with E-state index in [1.165, 1.54) is 23.9 Å². The number of rotatable bonds is 3. The van der Waals surface area contributed by atoms with E-state index < -0.39 is 11.6 Å². The lowest BCUT2D eigenvalue weighted by molar-refractivity contribution is 0.103. The Morgan fingerprint density at radius 1 is 1.41 bits per heavy atom. The molecule has 0 unspecified atom stereocenters. The summed E-state index contributed by atoms with van der Waals surface area (Å²) in [5, 5.41) is 3.94. The van der Waals surface area contributed by atoms with Crippen LogP contribution >= 0.6 is 0 Å². The minimum atomic E-state index is -0.611. The molecular formula is C12H11FN2O2. The minimum absolute atomic E-state index is 0.00972. The van der Waals surface area contributed by atoms with Crippen molar-refractivity contribution in [2.24, 2.45) is 7.05 Å². The van der Waals surface area contributed by atoms with Crippen LogP contribution < -0.4 is 4.74 Å². The van der Waals surface area contributed by atoms with Gasteiger partial charge in [0.1, 0.15) is 17.3 Å². The molecule has 0 saturated heterocycles. The van der Waals surface area contributed by atoms with Gasteiger partial charge in [0.05, 0.1) is 12.7 Å². The van der Waals surface area contributed by atoms with Gasteiger partial charge in [0.2, 0.25) is 5.78 Å². The maximum absolute atomic E-state index is 13.6. The molecule has 0 bridgehead atoms. The Kier molecular flexibility index (Phi) is 2.91. The van der Waals surface area contributed by atoms with E-state index in [-0.39, 0.29) is 11.3 Å². The Balaban J connectivity index is 2.37. The van der Waals surface area contributed by atoms with Gasteiger partial charge in [-0.15, -0.1) is 0 Å². The molecule has 1 aromatic heterocycles. The lowest BCUT2D eigenvalue weighted by atomic mass is 10.1. The van der Waals surface area contributed by atoms with Crippen LogP contribution in [0.25, 0.3) is 0 Å². The summed E-state index contributed by atoms with van der Waals surface area (Å²) < 4.78 is 20.0. The highest BCUT2D eigenvalue weighted by atomic mass is 19.1. The fraction of sp³-hybridized carbons (Fsp3) is 0.167. The van der Waals surface area contributed by atoms with Crippen molar-refractivity contribution in [3.63, 3.8) is 0 Å². The Labute approximate surface area is 97.6 Å². The number of ketones is 1. The van der Waals surface area contributed by atoms with Gasteiger partial charge in [0, 0.05) is 19.3 Å². The number of hydrogen-bond acceptors (Lipinski definition) is 3. The first-order valence-electron chi connectivity index (χ1n) is 4.99. The second-order valence-electron chi connectivity index (χ2n) is 3.55. The molecule has 0 N–H and O–H groups in total. The van der Waals surface area contributed by atoms with Crippen LogP contribution in [0.3, 0.4) is 0 Å². The molecule has 0 aliphatic rings. The standard InChI is InChI=1S/C12H11FN2O2/c1-15-6-5-11(14-15)12(16)9-4-3-8(17-2)7-10(9)13/h3-7H,1-2H3. The van der Waals surface area contributed by atoms with Crippen LogP contribution in [0.5, 0.6) is 5.75 Å². The molecule has 5 heteroatoms. The van der Waals surface area contributed by atoms with Gasteiger partial charge in [-0.2, -0.15) is 5.10 Å². The highest BCUT2D eigenvalue weighted by molar-refractivity contribution is 6.07. The van der Waals surface area contributed by atoms with Crippen molar-refractivity contribution in [1.82, 2.24) is 9.78 Å². The molecule has 0 aliphatic heterocycles. The van der Waals surface area contributed by atoms with Gasteiger partial charge < -0.3 is 4.74 Å². The zero-order valence-electron chi connectivity index (χ0n) is 9.48.